The van der Waals surface area contributed by atoms with E-state index in [1.54, 1.807) is 0 Å². The third-order valence-electron chi connectivity index (χ3n) is 4.28. The Morgan fingerprint density at radius 3 is 2.56 bits per heavy atom. The van der Waals surface area contributed by atoms with E-state index in [-0.39, 0.29) is 0 Å². The predicted molar refractivity (Wildman–Crippen MR) is 81.0 cm³/mol. The van der Waals surface area contributed by atoms with Crippen LogP contribution in [0.5, 0.6) is 0 Å². The zero-order valence-electron chi connectivity index (χ0n) is 12.0. The standard InChI is InChI=1S/C16H27NS/c1-12(2)16(15-5-4-10-18-15)17-11-14-8-6-13(3)7-9-14/h4-5,10,12-14,16-17H,6-9,11H2,1-3H3. The normalized spacial score (nSPS) is 26.4. The van der Waals surface area contributed by atoms with E-state index in [1.807, 2.05) is 11.3 Å². The van der Waals surface area contributed by atoms with Crippen molar-refractivity contribution in [3.63, 3.8) is 0 Å². The molecule has 102 valence electrons. The molecular weight excluding hydrogens is 238 g/mol. The summed E-state index contributed by atoms with van der Waals surface area (Å²) >= 11 is 1.88. The Kier molecular flexibility index (Phi) is 5.25. The summed E-state index contributed by atoms with van der Waals surface area (Å²) in [6.07, 6.45) is 5.70. The highest BCUT2D eigenvalue weighted by molar-refractivity contribution is 7.10. The molecular formula is C16H27NS. The zero-order chi connectivity index (χ0) is 13.0. The summed E-state index contributed by atoms with van der Waals surface area (Å²) in [4.78, 5) is 1.49. The number of thiophene rings is 1. The van der Waals surface area contributed by atoms with Crippen LogP contribution in [0.15, 0.2) is 17.5 Å². The highest BCUT2D eigenvalue weighted by atomic mass is 32.1. The Bertz CT molecular complexity index is 323. The molecule has 2 heteroatoms. The molecule has 1 aliphatic carbocycles. The fourth-order valence-corrected chi connectivity index (χ4v) is 3.93. The molecule has 0 aromatic carbocycles. The molecule has 1 aromatic rings. The first-order valence-corrected chi connectivity index (χ1v) is 8.31. The summed E-state index contributed by atoms with van der Waals surface area (Å²) in [6.45, 7) is 8.24. The maximum absolute atomic E-state index is 3.82. The summed E-state index contributed by atoms with van der Waals surface area (Å²) in [5.74, 6) is 2.54. The molecule has 1 atom stereocenters. The van der Waals surface area contributed by atoms with Crippen LogP contribution < -0.4 is 5.32 Å². The fraction of sp³-hybridized carbons (Fsp3) is 0.750. The maximum Gasteiger partial charge on any atom is 0.0438 e. The third-order valence-corrected chi connectivity index (χ3v) is 5.23. The lowest BCUT2D eigenvalue weighted by molar-refractivity contribution is 0.265. The number of nitrogens with one attached hydrogen (secondary N) is 1. The van der Waals surface area contributed by atoms with Crippen LogP contribution in [-0.2, 0) is 0 Å². The van der Waals surface area contributed by atoms with Crippen LogP contribution in [-0.4, -0.2) is 6.54 Å². The zero-order valence-corrected chi connectivity index (χ0v) is 12.8. The molecule has 1 N–H and O–H groups in total. The van der Waals surface area contributed by atoms with Gasteiger partial charge in [0.05, 0.1) is 0 Å². The van der Waals surface area contributed by atoms with Crippen LogP contribution in [0.4, 0.5) is 0 Å². The smallest absolute Gasteiger partial charge is 0.0438 e. The van der Waals surface area contributed by atoms with Crippen molar-refractivity contribution in [2.45, 2.75) is 52.5 Å². The molecule has 1 nitrogen and oxygen atoms in total. The van der Waals surface area contributed by atoms with E-state index >= 15 is 0 Å². The molecule has 2 rings (SSSR count). The molecule has 0 amide bonds. The maximum atomic E-state index is 3.82. The van der Waals surface area contributed by atoms with Gasteiger partial charge in [0.2, 0.25) is 0 Å². The van der Waals surface area contributed by atoms with Gasteiger partial charge in [-0.25, -0.2) is 0 Å². The molecule has 1 fully saturated rings. The summed E-state index contributed by atoms with van der Waals surface area (Å²) in [5.41, 5.74) is 0. The molecule has 1 unspecified atom stereocenters. The molecule has 0 saturated heterocycles. The Balaban J connectivity index is 1.83. The van der Waals surface area contributed by atoms with E-state index in [0.29, 0.717) is 12.0 Å². The van der Waals surface area contributed by atoms with Crippen LogP contribution in [0, 0.1) is 17.8 Å². The van der Waals surface area contributed by atoms with Crippen LogP contribution in [0.1, 0.15) is 57.4 Å². The first-order chi connectivity index (χ1) is 8.66. The summed E-state index contributed by atoms with van der Waals surface area (Å²) in [5, 5.41) is 6.01. The highest BCUT2D eigenvalue weighted by Crippen LogP contribution is 2.30. The Morgan fingerprint density at radius 2 is 2.00 bits per heavy atom. The van der Waals surface area contributed by atoms with Gasteiger partial charge in [0.15, 0.2) is 0 Å². The van der Waals surface area contributed by atoms with E-state index in [0.717, 1.165) is 11.8 Å². The van der Waals surface area contributed by atoms with Crippen LogP contribution in [0.25, 0.3) is 0 Å². The van der Waals surface area contributed by atoms with Gasteiger partial charge in [-0.1, -0.05) is 39.7 Å². The van der Waals surface area contributed by atoms with Gasteiger partial charge in [-0.05, 0) is 48.6 Å². The Labute approximate surface area is 116 Å². The van der Waals surface area contributed by atoms with E-state index in [4.69, 9.17) is 0 Å². The molecule has 1 saturated carbocycles. The van der Waals surface area contributed by atoms with Gasteiger partial charge in [-0.15, -0.1) is 11.3 Å². The SMILES string of the molecule is CC1CCC(CNC(c2cccs2)C(C)C)CC1. The van der Waals surface area contributed by atoms with Crippen LogP contribution in [0.3, 0.4) is 0 Å². The average molecular weight is 265 g/mol. The average Bonchev–Trinajstić information content (AvgIpc) is 2.85. The van der Waals surface area contributed by atoms with Gasteiger partial charge >= 0.3 is 0 Å². The van der Waals surface area contributed by atoms with Crippen LogP contribution in [0.2, 0.25) is 0 Å². The Morgan fingerprint density at radius 1 is 1.28 bits per heavy atom. The molecule has 1 aromatic heterocycles. The van der Waals surface area contributed by atoms with Crippen molar-refractivity contribution in [1.82, 2.24) is 5.32 Å². The molecule has 0 aliphatic heterocycles. The second kappa shape index (κ2) is 6.72. The lowest BCUT2D eigenvalue weighted by atomic mass is 9.83. The van der Waals surface area contributed by atoms with E-state index in [2.05, 4.69) is 43.6 Å². The lowest BCUT2D eigenvalue weighted by Crippen LogP contribution is -2.31. The topological polar surface area (TPSA) is 12.0 Å². The van der Waals surface area contributed by atoms with Gasteiger partial charge in [-0.2, -0.15) is 0 Å². The second-order valence-electron chi connectivity index (χ2n) is 6.27. The number of hydrogen-bond acceptors (Lipinski definition) is 2. The monoisotopic (exact) mass is 265 g/mol. The van der Waals surface area contributed by atoms with E-state index < -0.39 is 0 Å². The van der Waals surface area contributed by atoms with Gasteiger partial charge in [0.1, 0.15) is 0 Å². The summed E-state index contributed by atoms with van der Waals surface area (Å²) in [6, 6.07) is 4.98. The minimum absolute atomic E-state index is 0.546. The quantitative estimate of drug-likeness (QED) is 0.801. The van der Waals surface area contributed by atoms with Crippen molar-refractivity contribution in [1.29, 1.82) is 0 Å². The minimum atomic E-state index is 0.546. The number of hydrogen-bond donors (Lipinski definition) is 1. The van der Waals surface area contributed by atoms with Crippen molar-refractivity contribution in [3.8, 4) is 0 Å². The van der Waals surface area contributed by atoms with Crippen molar-refractivity contribution in [3.05, 3.63) is 22.4 Å². The van der Waals surface area contributed by atoms with Gasteiger partial charge in [0.25, 0.3) is 0 Å². The first-order valence-electron chi connectivity index (χ1n) is 7.43. The van der Waals surface area contributed by atoms with E-state index in [9.17, 15) is 0 Å². The van der Waals surface area contributed by atoms with Crippen LogP contribution >= 0.6 is 11.3 Å². The van der Waals surface area contributed by atoms with Gasteiger partial charge in [0, 0.05) is 10.9 Å². The lowest BCUT2D eigenvalue weighted by Gasteiger charge is -2.29. The molecule has 0 bridgehead atoms. The first kappa shape index (κ1) is 14.1. The molecule has 1 heterocycles. The minimum Gasteiger partial charge on any atom is -0.309 e. The molecule has 18 heavy (non-hydrogen) atoms. The van der Waals surface area contributed by atoms with E-state index in [1.165, 1.54) is 37.1 Å². The third kappa shape index (κ3) is 3.83. The predicted octanol–water partition coefficient (Wildman–Crippen LogP) is 4.86. The van der Waals surface area contributed by atoms with Gasteiger partial charge in [-0.3, -0.25) is 0 Å². The van der Waals surface area contributed by atoms with Crippen molar-refractivity contribution < 1.29 is 0 Å². The number of rotatable bonds is 5. The van der Waals surface area contributed by atoms with Crippen molar-refractivity contribution in [2.75, 3.05) is 6.54 Å². The Hall–Kier alpha value is -0.340. The van der Waals surface area contributed by atoms with Gasteiger partial charge < -0.3 is 5.32 Å². The fourth-order valence-electron chi connectivity index (χ4n) is 2.96. The summed E-state index contributed by atoms with van der Waals surface area (Å²) in [7, 11) is 0. The molecule has 0 spiro atoms. The van der Waals surface area contributed by atoms with Crippen molar-refractivity contribution in [2.24, 2.45) is 17.8 Å². The molecule has 1 aliphatic rings. The summed E-state index contributed by atoms with van der Waals surface area (Å²) < 4.78 is 0. The van der Waals surface area contributed by atoms with Crippen molar-refractivity contribution >= 4 is 11.3 Å². The molecule has 0 radical (unpaired) electrons. The largest absolute Gasteiger partial charge is 0.309 e. The second-order valence-corrected chi connectivity index (χ2v) is 7.25. The highest BCUT2D eigenvalue weighted by Gasteiger charge is 2.21.